The highest BCUT2D eigenvalue weighted by Crippen LogP contribution is 2.33. The summed E-state index contributed by atoms with van der Waals surface area (Å²) in [5.74, 6) is 0. The molecule has 2 N–H and O–H groups in total. The lowest BCUT2D eigenvalue weighted by atomic mass is 9.96. The first-order valence-electron chi connectivity index (χ1n) is 5.67. The van der Waals surface area contributed by atoms with Gasteiger partial charge in [-0.15, -0.1) is 0 Å². The van der Waals surface area contributed by atoms with Crippen molar-refractivity contribution >= 4 is 0 Å². The topological polar surface area (TPSA) is 32.5 Å². The largest absolute Gasteiger partial charge is 0.329 e. The van der Waals surface area contributed by atoms with Crippen molar-refractivity contribution in [3.63, 3.8) is 0 Å². The molecule has 0 aromatic heterocycles. The van der Waals surface area contributed by atoms with Crippen molar-refractivity contribution in [1.29, 1.82) is 0 Å². The lowest BCUT2D eigenvalue weighted by Crippen LogP contribution is -2.51. The second kappa shape index (κ2) is 5.10. The Morgan fingerprint density at radius 1 is 1.07 bits per heavy atom. The van der Waals surface area contributed by atoms with E-state index in [2.05, 4.69) is 30.9 Å². The molecule has 84 valence electrons. The Balaban J connectivity index is 2.43. The molecule has 3 nitrogen and oxygen atoms in total. The van der Waals surface area contributed by atoms with Gasteiger partial charge in [0.15, 0.2) is 0 Å². The molecular formula is C11H25N3. The summed E-state index contributed by atoms with van der Waals surface area (Å²) in [5, 5.41) is 0. The van der Waals surface area contributed by atoms with Crippen LogP contribution < -0.4 is 5.73 Å². The molecule has 0 spiro atoms. The summed E-state index contributed by atoms with van der Waals surface area (Å²) >= 11 is 0. The van der Waals surface area contributed by atoms with E-state index in [0.29, 0.717) is 5.54 Å². The van der Waals surface area contributed by atoms with Crippen LogP contribution in [0.5, 0.6) is 0 Å². The molecule has 1 fully saturated rings. The zero-order valence-electron chi connectivity index (χ0n) is 9.92. The van der Waals surface area contributed by atoms with Gasteiger partial charge in [-0.1, -0.05) is 12.8 Å². The van der Waals surface area contributed by atoms with Crippen LogP contribution in [0.3, 0.4) is 0 Å². The van der Waals surface area contributed by atoms with Crippen molar-refractivity contribution in [2.24, 2.45) is 5.73 Å². The molecule has 0 atom stereocenters. The molecule has 1 saturated carbocycles. The Labute approximate surface area is 88.2 Å². The van der Waals surface area contributed by atoms with E-state index in [1.807, 2.05) is 0 Å². The minimum absolute atomic E-state index is 0.315. The van der Waals surface area contributed by atoms with E-state index in [0.717, 1.165) is 19.6 Å². The van der Waals surface area contributed by atoms with Gasteiger partial charge in [-0.25, -0.2) is 0 Å². The Morgan fingerprint density at radius 3 is 2.07 bits per heavy atom. The van der Waals surface area contributed by atoms with Gasteiger partial charge >= 0.3 is 0 Å². The number of nitrogens with zero attached hydrogens (tertiary/aromatic N) is 2. The smallest absolute Gasteiger partial charge is 0.0329 e. The molecule has 0 bridgehead atoms. The Morgan fingerprint density at radius 2 is 1.64 bits per heavy atom. The SMILES string of the molecule is CN(C)CCN(C)C1(CN)CCCC1. The maximum absolute atomic E-state index is 5.92. The predicted molar refractivity (Wildman–Crippen MR) is 61.4 cm³/mol. The van der Waals surface area contributed by atoms with Gasteiger partial charge in [0.25, 0.3) is 0 Å². The third-order valence-electron chi connectivity index (χ3n) is 3.61. The minimum atomic E-state index is 0.315. The number of rotatable bonds is 5. The van der Waals surface area contributed by atoms with E-state index in [4.69, 9.17) is 5.73 Å². The quantitative estimate of drug-likeness (QED) is 0.709. The maximum Gasteiger partial charge on any atom is 0.0329 e. The predicted octanol–water partition coefficient (Wildman–Crippen LogP) is 0.751. The second-order valence-corrected chi connectivity index (χ2v) is 4.86. The fourth-order valence-electron chi connectivity index (χ4n) is 2.36. The minimum Gasteiger partial charge on any atom is -0.329 e. The first kappa shape index (κ1) is 12.0. The van der Waals surface area contributed by atoms with Gasteiger partial charge in [-0.3, -0.25) is 4.90 Å². The standard InChI is InChI=1S/C11H25N3/c1-13(2)8-9-14(3)11(10-12)6-4-5-7-11/h4-10,12H2,1-3H3. The van der Waals surface area contributed by atoms with E-state index in [1.165, 1.54) is 25.7 Å². The Hall–Kier alpha value is -0.120. The van der Waals surface area contributed by atoms with Gasteiger partial charge in [0, 0.05) is 25.2 Å². The van der Waals surface area contributed by atoms with Crippen LogP contribution in [0.1, 0.15) is 25.7 Å². The molecule has 0 unspecified atom stereocenters. The van der Waals surface area contributed by atoms with Crippen LogP contribution in [0.15, 0.2) is 0 Å². The molecule has 14 heavy (non-hydrogen) atoms. The van der Waals surface area contributed by atoms with Crippen molar-refractivity contribution < 1.29 is 0 Å². The van der Waals surface area contributed by atoms with Crippen LogP contribution in [0.4, 0.5) is 0 Å². The Bertz CT molecular complexity index is 162. The van der Waals surface area contributed by atoms with Crippen molar-refractivity contribution in [2.75, 3.05) is 40.8 Å². The number of hydrogen-bond donors (Lipinski definition) is 1. The van der Waals surface area contributed by atoms with Gasteiger partial charge in [0.05, 0.1) is 0 Å². The fourth-order valence-corrected chi connectivity index (χ4v) is 2.36. The van der Waals surface area contributed by atoms with Gasteiger partial charge in [0.2, 0.25) is 0 Å². The molecule has 0 amide bonds. The van der Waals surface area contributed by atoms with Crippen molar-refractivity contribution in [1.82, 2.24) is 9.80 Å². The summed E-state index contributed by atoms with van der Waals surface area (Å²) in [6.07, 6.45) is 5.27. The van der Waals surface area contributed by atoms with Gasteiger partial charge in [-0.05, 0) is 34.0 Å². The van der Waals surface area contributed by atoms with Gasteiger partial charge in [0.1, 0.15) is 0 Å². The van der Waals surface area contributed by atoms with Crippen LogP contribution in [0, 0.1) is 0 Å². The molecule has 0 aliphatic heterocycles. The molecule has 1 rings (SSSR count). The first-order valence-corrected chi connectivity index (χ1v) is 5.67. The highest BCUT2D eigenvalue weighted by molar-refractivity contribution is 4.94. The van der Waals surface area contributed by atoms with E-state index in [1.54, 1.807) is 0 Å². The van der Waals surface area contributed by atoms with Crippen LogP contribution in [-0.4, -0.2) is 56.1 Å². The summed E-state index contributed by atoms with van der Waals surface area (Å²) in [4.78, 5) is 4.70. The fraction of sp³-hybridized carbons (Fsp3) is 1.00. The zero-order valence-corrected chi connectivity index (χ0v) is 9.92. The summed E-state index contributed by atoms with van der Waals surface area (Å²) < 4.78 is 0. The lowest BCUT2D eigenvalue weighted by Gasteiger charge is -2.38. The molecule has 0 aromatic carbocycles. The molecular weight excluding hydrogens is 174 g/mol. The van der Waals surface area contributed by atoms with E-state index in [9.17, 15) is 0 Å². The number of likely N-dealkylation sites (N-methyl/N-ethyl adjacent to an activating group) is 2. The third kappa shape index (κ3) is 2.69. The Kier molecular flexibility index (Phi) is 4.35. The number of hydrogen-bond acceptors (Lipinski definition) is 3. The first-order chi connectivity index (χ1) is 6.60. The second-order valence-electron chi connectivity index (χ2n) is 4.86. The lowest BCUT2D eigenvalue weighted by molar-refractivity contribution is 0.122. The highest BCUT2D eigenvalue weighted by atomic mass is 15.2. The van der Waals surface area contributed by atoms with Crippen LogP contribution in [0.2, 0.25) is 0 Å². The molecule has 0 radical (unpaired) electrons. The van der Waals surface area contributed by atoms with Gasteiger partial charge in [-0.2, -0.15) is 0 Å². The van der Waals surface area contributed by atoms with Gasteiger partial charge < -0.3 is 10.6 Å². The molecule has 1 aliphatic rings. The van der Waals surface area contributed by atoms with E-state index < -0.39 is 0 Å². The van der Waals surface area contributed by atoms with Crippen molar-refractivity contribution in [2.45, 2.75) is 31.2 Å². The van der Waals surface area contributed by atoms with E-state index >= 15 is 0 Å². The third-order valence-corrected chi connectivity index (χ3v) is 3.61. The number of nitrogens with two attached hydrogens (primary N) is 1. The van der Waals surface area contributed by atoms with Crippen LogP contribution in [0.25, 0.3) is 0 Å². The molecule has 0 saturated heterocycles. The highest BCUT2D eigenvalue weighted by Gasteiger charge is 2.35. The van der Waals surface area contributed by atoms with Crippen molar-refractivity contribution in [3.8, 4) is 0 Å². The van der Waals surface area contributed by atoms with Crippen LogP contribution >= 0.6 is 0 Å². The molecule has 0 aromatic rings. The molecule has 1 aliphatic carbocycles. The maximum atomic E-state index is 5.92. The summed E-state index contributed by atoms with van der Waals surface area (Å²) in [6, 6.07) is 0. The molecule has 0 heterocycles. The molecule has 3 heteroatoms. The van der Waals surface area contributed by atoms with Crippen LogP contribution in [-0.2, 0) is 0 Å². The summed E-state index contributed by atoms with van der Waals surface area (Å²) in [6.45, 7) is 3.07. The average Bonchev–Trinajstić information content (AvgIpc) is 2.63. The monoisotopic (exact) mass is 199 g/mol. The summed E-state index contributed by atoms with van der Waals surface area (Å²) in [5.41, 5.74) is 6.24. The average molecular weight is 199 g/mol. The van der Waals surface area contributed by atoms with E-state index in [-0.39, 0.29) is 0 Å². The normalized spacial score (nSPS) is 21.0. The summed E-state index contributed by atoms with van der Waals surface area (Å²) in [7, 11) is 6.47. The zero-order chi connectivity index (χ0) is 10.6. The van der Waals surface area contributed by atoms with Crippen molar-refractivity contribution in [3.05, 3.63) is 0 Å².